The minimum absolute atomic E-state index is 0.0530. The third-order valence-electron chi connectivity index (χ3n) is 2.32. The van der Waals surface area contributed by atoms with Crippen LogP contribution in [-0.2, 0) is 9.59 Å². The molecule has 108 valence electrons. The third-order valence-corrected chi connectivity index (χ3v) is 2.32. The van der Waals surface area contributed by atoms with Gasteiger partial charge in [0.1, 0.15) is 0 Å². The van der Waals surface area contributed by atoms with Gasteiger partial charge in [0, 0.05) is 25.2 Å². The molecule has 0 fully saturated rings. The molecule has 20 heavy (non-hydrogen) atoms. The van der Waals surface area contributed by atoms with Gasteiger partial charge >= 0.3 is 12.0 Å². The number of amides is 3. The summed E-state index contributed by atoms with van der Waals surface area (Å²) in [4.78, 5) is 33.0. The van der Waals surface area contributed by atoms with Crippen molar-refractivity contribution in [1.82, 2.24) is 10.6 Å². The molecule has 0 spiro atoms. The van der Waals surface area contributed by atoms with Crippen LogP contribution >= 0.6 is 0 Å². The maximum Gasteiger partial charge on any atom is 0.314 e. The molecule has 1 aromatic rings. The normalized spacial score (nSPS) is 9.60. The maximum atomic E-state index is 11.5. The van der Waals surface area contributed by atoms with Crippen LogP contribution < -0.4 is 16.0 Å². The molecular weight excluding hydrogens is 262 g/mol. The van der Waals surface area contributed by atoms with E-state index in [0.29, 0.717) is 5.69 Å². The highest BCUT2D eigenvalue weighted by Gasteiger charge is 2.04. The number of carboxylic acids is 1. The molecular formula is C13H17N3O4. The summed E-state index contributed by atoms with van der Waals surface area (Å²) >= 11 is 0. The highest BCUT2D eigenvalue weighted by atomic mass is 16.4. The Balaban J connectivity index is 2.12. The summed E-state index contributed by atoms with van der Waals surface area (Å²) in [7, 11) is 0. The summed E-state index contributed by atoms with van der Waals surface area (Å²) < 4.78 is 0. The van der Waals surface area contributed by atoms with Gasteiger partial charge in [0.15, 0.2) is 0 Å². The number of nitrogens with one attached hydrogen (secondary N) is 3. The van der Waals surface area contributed by atoms with Crippen molar-refractivity contribution in [2.75, 3.05) is 18.4 Å². The molecule has 0 aliphatic rings. The first-order valence-electron chi connectivity index (χ1n) is 6.16. The lowest BCUT2D eigenvalue weighted by Crippen LogP contribution is -2.38. The molecule has 0 saturated heterocycles. The Labute approximate surface area is 116 Å². The van der Waals surface area contributed by atoms with Gasteiger partial charge in [-0.1, -0.05) is 18.2 Å². The maximum absolute atomic E-state index is 11.5. The number of benzene rings is 1. The number of carbonyl (C=O) groups excluding carboxylic acids is 2. The van der Waals surface area contributed by atoms with E-state index < -0.39 is 12.0 Å². The molecule has 7 nitrogen and oxygen atoms in total. The Bertz CT molecular complexity index is 462. The zero-order valence-corrected chi connectivity index (χ0v) is 10.9. The molecule has 0 aromatic heterocycles. The predicted octanol–water partition coefficient (Wildman–Crippen LogP) is 0.789. The Morgan fingerprint density at radius 3 is 2.15 bits per heavy atom. The molecule has 0 aliphatic heterocycles. The lowest BCUT2D eigenvalue weighted by molar-refractivity contribution is -0.136. The van der Waals surface area contributed by atoms with Gasteiger partial charge in [0.25, 0.3) is 0 Å². The molecule has 0 unspecified atom stereocenters. The lowest BCUT2D eigenvalue weighted by Gasteiger charge is -2.07. The van der Waals surface area contributed by atoms with E-state index in [1.807, 2.05) is 18.2 Å². The van der Waals surface area contributed by atoms with Crippen LogP contribution in [0.25, 0.3) is 0 Å². The summed E-state index contributed by atoms with van der Waals surface area (Å²) in [5, 5.41) is 15.9. The monoisotopic (exact) mass is 279 g/mol. The molecule has 7 heteroatoms. The second kappa shape index (κ2) is 8.52. The minimum atomic E-state index is -0.979. The number of anilines is 1. The number of rotatable bonds is 7. The number of aliphatic carboxylic acids is 1. The van der Waals surface area contributed by atoms with E-state index in [4.69, 9.17) is 5.11 Å². The SMILES string of the molecule is O=C(O)CCNC(=O)NCCC(=O)Nc1ccccc1. The predicted molar refractivity (Wildman–Crippen MR) is 73.3 cm³/mol. The molecule has 3 amide bonds. The van der Waals surface area contributed by atoms with E-state index in [0.717, 1.165) is 0 Å². The van der Waals surface area contributed by atoms with E-state index in [1.165, 1.54) is 0 Å². The Hall–Kier alpha value is -2.57. The molecule has 1 aromatic carbocycles. The van der Waals surface area contributed by atoms with Crippen LogP contribution in [0.4, 0.5) is 10.5 Å². The first kappa shape index (κ1) is 15.5. The number of hydrogen-bond donors (Lipinski definition) is 4. The van der Waals surface area contributed by atoms with E-state index in [1.54, 1.807) is 12.1 Å². The fourth-order valence-corrected chi connectivity index (χ4v) is 1.38. The van der Waals surface area contributed by atoms with Gasteiger partial charge in [-0.25, -0.2) is 4.79 Å². The van der Waals surface area contributed by atoms with Gasteiger partial charge in [0.2, 0.25) is 5.91 Å². The number of para-hydroxylation sites is 1. The topological polar surface area (TPSA) is 108 Å². The van der Waals surface area contributed by atoms with Crippen molar-refractivity contribution in [3.05, 3.63) is 30.3 Å². The molecule has 0 saturated carbocycles. The number of carbonyl (C=O) groups is 3. The molecule has 0 bridgehead atoms. The first-order chi connectivity index (χ1) is 9.58. The van der Waals surface area contributed by atoms with Crippen LogP contribution in [0.5, 0.6) is 0 Å². The zero-order chi connectivity index (χ0) is 14.8. The second-order valence-electron chi connectivity index (χ2n) is 3.99. The second-order valence-corrected chi connectivity index (χ2v) is 3.99. The van der Waals surface area contributed by atoms with Gasteiger partial charge in [0.05, 0.1) is 6.42 Å². The Morgan fingerprint density at radius 1 is 0.950 bits per heavy atom. The van der Waals surface area contributed by atoms with Gasteiger partial charge in [-0.2, -0.15) is 0 Å². The molecule has 1 rings (SSSR count). The van der Waals surface area contributed by atoms with Gasteiger partial charge < -0.3 is 21.1 Å². The van der Waals surface area contributed by atoms with Crippen LogP contribution in [0.2, 0.25) is 0 Å². The average Bonchev–Trinajstić information content (AvgIpc) is 2.39. The van der Waals surface area contributed by atoms with Crippen LogP contribution in [0.1, 0.15) is 12.8 Å². The van der Waals surface area contributed by atoms with E-state index in [9.17, 15) is 14.4 Å². The molecule has 0 heterocycles. The lowest BCUT2D eigenvalue weighted by atomic mass is 10.3. The minimum Gasteiger partial charge on any atom is -0.481 e. The van der Waals surface area contributed by atoms with E-state index in [2.05, 4.69) is 16.0 Å². The molecule has 0 aliphatic carbocycles. The standard InChI is InChI=1S/C13H17N3O4/c17-11(16-10-4-2-1-3-5-10)6-8-14-13(20)15-9-7-12(18)19/h1-5H,6-9H2,(H,16,17)(H,18,19)(H2,14,15,20). The quantitative estimate of drug-likeness (QED) is 0.591. The fraction of sp³-hybridized carbons (Fsp3) is 0.308. The van der Waals surface area contributed by atoms with Crippen molar-refractivity contribution in [2.45, 2.75) is 12.8 Å². The third kappa shape index (κ3) is 7.00. The highest BCUT2D eigenvalue weighted by molar-refractivity contribution is 5.91. The summed E-state index contributed by atoms with van der Waals surface area (Å²) in [5.41, 5.74) is 0.698. The van der Waals surface area contributed by atoms with Crippen LogP contribution in [0.15, 0.2) is 30.3 Å². The smallest absolute Gasteiger partial charge is 0.314 e. The number of urea groups is 1. The van der Waals surface area contributed by atoms with Crippen molar-refractivity contribution in [3.63, 3.8) is 0 Å². The molecule has 0 radical (unpaired) electrons. The van der Waals surface area contributed by atoms with E-state index >= 15 is 0 Å². The molecule has 4 N–H and O–H groups in total. The highest BCUT2D eigenvalue weighted by Crippen LogP contribution is 2.04. The van der Waals surface area contributed by atoms with Crippen molar-refractivity contribution in [2.24, 2.45) is 0 Å². The van der Waals surface area contributed by atoms with Crippen molar-refractivity contribution in [3.8, 4) is 0 Å². The summed E-state index contributed by atoms with van der Waals surface area (Å²) in [6.07, 6.45) is 0.00313. The van der Waals surface area contributed by atoms with Gasteiger partial charge in [-0.3, -0.25) is 9.59 Å². The van der Waals surface area contributed by atoms with Crippen LogP contribution in [-0.4, -0.2) is 36.1 Å². The Morgan fingerprint density at radius 2 is 1.55 bits per heavy atom. The Kier molecular flexibility index (Phi) is 6.60. The summed E-state index contributed by atoms with van der Waals surface area (Å²) in [6.45, 7) is 0.231. The van der Waals surface area contributed by atoms with Gasteiger partial charge in [-0.05, 0) is 12.1 Å². The largest absolute Gasteiger partial charge is 0.481 e. The summed E-state index contributed by atoms with van der Waals surface area (Å²) in [5.74, 6) is -1.19. The first-order valence-corrected chi connectivity index (χ1v) is 6.16. The zero-order valence-electron chi connectivity index (χ0n) is 10.9. The number of carboxylic acid groups (broad SMARTS) is 1. The number of hydrogen-bond acceptors (Lipinski definition) is 3. The average molecular weight is 279 g/mol. The fourth-order valence-electron chi connectivity index (χ4n) is 1.38. The van der Waals surface area contributed by atoms with Crippen molar-refractivity contribution >= 4 is 23.6 Å². The van der Waals surface area contributed by atoms with Crippen molar-refractivity contribution < 1.29 is 19.5 Å². The van der Waals surface area contributed by atoms with Crippen LogP contribution in [0, 0.1) is 0 Å². The van der Waals surface area contributed by atoms with Crippen molar-refractivity contribution in [1.29, 1.82) is 0 Å². The van der Waals surface area contributed by atoms with Gasteiger partial charge in [-0.15, -0.1) is 0 Å². The molecule has 0 atom stereocenters. The summed E-state index contributed by atoms with van der Waals surface area (Å²) in [6, 6.07) is 8.51. The van der Waals surface area contributed by atoms with E-state index in [-0.39, 0.29) is 31.8 Å². The van der Waals surface area contributed by atoms with Crippen LogP contribution in [0.3, 0.4) is 0 Å².